The Kier molecular flexibility index (Phi) is 9.68. The van der Waals surface area contributed by atoms with Gasteiger partial charge in [0.2, 0.25) is 11.8 Å². The fourth-order valence-corrected chi connectivity index (χ4v) is 5.44. The van der Waals surface area contributed by atoms with Crippen LogP contribution in [0.1, 0.15) is 48.9 Å². The van der Waals surface area contributed by atoms with Gasteiger partial charge in [0.05, 0.1) is 12.2 Å². The number of carbonyl (C=O) groups excluding carboxylic acids is 3. The lowest BCUT2D eigenvalue weighted by Gasteiger charge is -2.19. The number of hydrogen-bond donors (Lipinski definition) is 2. The monoisotopic (exact) mass is 559 g/mol. The number of rotatable bonds is 10. The first-order valence-electron chi connectivity index (χ1n) is 13.0. The maximum atomic E-state index is 13.4. The summed E-state index contributed by atoms with van der Waals surface area (Å²) >= 11 is 1.41. The second kappa shape index (κ2) is 13.4. The molecule has 1 fully saturated rings. The van der Waals surface area contributed by atoms with Crippen LogP contribution in [0.4, 0.5) is 5.69 Å². The Balaban J connectivity index is 1.40. The Labute approximate surface area is 238 Å². The molecule has 0 saturated carbocycles. The van der Waals surface area contributed by atoms with Gasteiger partial charge in [-0.25, -0.2) is 0 Å². The molecule has 3 amide bonds. The van der Waals surface area contributed by atoms with Crippen LogP contribution in [0.5, 0.6) is 0 Å². The molecular weight excluding hydrogens is 526 g/mol. The van der Waals surface area contributed by atoms with Gasteiger partial charge in [0.25, 0.3) is 5.91 Å². The van der Waals surface area contributed by atoms with E-state index in [1.54, 1.807) is 42.3 Å². The standard InChI is InChI=1S/C30H33N5O4S/c1-19(2)32-30-35(18-24-12-8-9-17-31-24)29(38)26(40-30)22-13-15-23(16-14-22)34-27(36)20(3)33-28(37)25(39-4)21-10-6-5-7-11-21/h5-17,19-20,25-26H,18H2,1-4H3,(H,33,37)(H,34,36)/t20-,25-,26?/m0/s1. The number of nitrogens with zero attached hydrogens (tertiary/aromatic N) is 3. The highest BCUT2D eigenvalue weighted by Gasteiger charge is 2.39. The summed E-state index contributed by atoms with van der Waals surface area (Å²) in [5.41, 5.74) is 2.84. The van der Waals surface area contributed by atoms with Gasteiger partial charge in [0, 0.05) is 25.0 Å². The summed E-state index contributed by atoms with van der Waals surface area (Å²) in [6.45, 7) is 5.91. The minimum Gasteiger partial charge on any atom is -0.367 e. The van der Waals surface area contributed by atoms with Crippen molar-refractivity contribution in [2.75, 3.05) is 12.4 Å². The van der Waals surface area contributed by atoms with Crippen LogP contribution in [-0.4, -0.2) is 52.0 Å². The lowest BCUT2D eigenvalue weighted by molar-refractivity contribution is -0.134. The second-order valence-corrected chi connectivity index (χ2v) is 10.7. The van der Waals surface area contributed by atoms with E-state index < -0.39 is 23.3 Å². The van der Waals surface area contributed by atoms with E-state index in [2.05, 4.69) is 20.6 Å². The smallest absolute Gasteiger partial charge is 0.254 e. The average Bonchev–Trinajstić information content (AvgIpc) is 3.24. The number of nitrogens with one attached hydrogen (secondary N) is 2. The summed E-state index contributed by atoms with van der Waals surface area (Å²) in [6, 6.07) is 21.1. The molecule has 1 aromatic heterocycles. The molecule has 1 unspecified atom stereocenters. The summed E-state index contributed by atoms with van der Waals surface area (Å²) in [6.07, 6.45) is 0.886. The van der Waals surface area contributed by atoms with Gasteiger partial charge in [0.1, 0.15) is 11.3 Å². The number of ether oxygens (including phenoxy) is 1. The minimum atomic E-state index is -0.821. The number of aliphatic imine (C=N–C) groups is 1. The molecule has 1 aliphatic heterocycles. The van der Waals surface area contributed by atoms with E-state index >= 15 is 0 Å². The summed E-state index contributed by atoms with van der Waals surface area (Å²) in [5, 5.41) is 5.75. The molecule has 3 aromatic rings. The lowest BCUT2D eigenvalue weighted by atomic mass is 10.1. The van der Waals surface area contributed by atoms with E-state index in [0.29, 0.717) is 23.0 Å². The largest absolute Gasteiger partial charge is 0.367 e. The number of amidine groups is 1. The molecule has 208 valence electrons. The lowest BCUT2D eigenvalue weighted by Crippen LogP contribution is -2.44. The first kappa shape index (κ1) is 29.0. The number of anilines is 1. The number of amides is 3. The molecular formula is C30H33N5O4S. The Morgan fingerprint density at radius 2 is 1.70 bits per heavy atom. The van der Waals surface area contributed by atoms with Crippen LogP contribution in [-0.2, 0) is 25.7 Å². The van der Waals surface area contributed by atoms with Gasteiger partial charge >= 0.3 is 0 Å². The van der Waals surface area contributed by atoms with Gasteiger partial charge in [-0.1, -0.05) is 60.3 Å². The number of pyridine rings is 1. The van der Waals surface area contributed by atoms with Gasteiger partial charge in [-0.2, -0.15) is 0 Å². The van der Waals surface area contributed by atoms with Gasteiger partial charge < -0.3 is 15.4 Å². The van der Waals surface area contributed by atoms with Crippen molar-refractivity contribution in [2.24, 2.45) is 4.99 Å². The van der Waals surface area contributed by atoms with Gasteiger partial charge in [-0.15, -0.1) is 0 Å². The molecule has 40 heavy (non-hydrogen) atoms. The van der Waals surface area contributed by atoms with Crippen molar-refractivity contribution < 1.29 is 19.1 Å². The van der Waals surface area contributed by atoms with E-state index in [-0.39, 0.29) is 17.9 Å². The molecule has 0 aliphatic carbocycles. The Morgan fingerprint density at radius 3 is 2.33 bits per heavy atom. The third-order valence-electron chi connectivity index (χ3n) is 6.17. The van der Waals surface area contributed by atoms with Crippen molar-refractivity contribution >= 4 is 40.3 Å². The highest BCUT2D eigenvalue weighted by molar-refractivity contribution is 8.15. The van der Waals surface area contributed by atoms with Gasteiger partial charge in [-0.3, -0.25) is 29.3 Å². The summed E-state index contributed by atoms with van der Waals surface area (Å²) < 4.78 is 5.35. The van der Waals surface area contributed by atoms with Crippen molar-refractivity contribution in [1.29, 1.82) is 0 Å². The molecule has 4 rings (SSSR count). The number of thioether (sulfide) groups is 1. The van der Waals surface area contributed by atoms with Crippen LogP contribution in [0, 0.1) is 0 Å². The number of benzene rings is 2. The topological polar surface area (TPSA) is 113 Å². The molecule has 0 spiro atoms. The van der Waals surface area contributed by atoms with E-state index in [0.717, 1.165) is 11.3 Å². The highest BCUT2D eigenvalue weighted by atomic mass is 32.2. The zero-order chi connectivity index (χ0) is 28.6. The molecule has 0 bridgehead atoms. The van der Waals surface area contributed by atoms with Crippen molar-refractivity contribution in [1.82, 2.24) is 15.2 Å². The van der Waals surface area contributed by atoms with Crippen LogP contribution >= 0.6 is 11.8 Å². The van der Waals surface area contributed by atoms with Gasteiger partial charge in [0.15, 0.2) is 11.3 Å². The summed E-state index contributed by atoms with van der Waals surface area (Å²) in [7, 11) is 1.45. The fourth-order valence-electron chi connectivity index (χ4n) is 4.15. The van der Waals surface area contributed by atoms with Crippen LogP contribution in [0.15, 0.2) is 84.0 Å². The maximum absolute atomic E-state index is 13.4. The van der Waals surface area contributed by atoms with E-state index in [1.807, 2.05) is 62.4 Å². The SMILES string of the molecule is CO[C@H](C(=O)N[C@@H](C)C(=O)Nc1ccc(C2SC(=NC(C)C)N(Cc3ccccn3)C2=O)cc1)c1ccccc1. The van der Waals surface area contributed by atoms with Crippen molar-refractivity contribution in [3.05, 3.63) is 95.8 Å². The quantitative estimate of drug-likeness (QED) is 0.378. The first-order valence-corrected chi connectivity index (χ1v) is 13.9. The molecule has 2 aromatic carbocycles. The number of hydrogen-bond acceptors (Lipinski definition) is 7. The Bertz CT molecular complexity index is 1350. The minimum absolute atomic E-state index is 0.0345. The zero-order valence-corrected chi connectivity index (χ0v) is 23.7. The molecule has 10 heteroatoms. The van der Waals surface area contributed by atoms with Crippen LogP contribution in [0.25, 0.3) is 0 Å². The molecule has 1 saturated heterocycles. The maximum Gasteiger partial charge on any atom is 0.254 e. The number of carbonyl (C=O) groups is 3. The zero-order valence-electron chi connectivity index (χ0n) is 22.9. The third-order valence-corrected chi connectivity index (χ3v) is 7.41. The third kappa shape index (κ3) is 7.13. The highest BCUT2D eigenvalue weighted by Crippen LogP contribution is 2.40. The van der Waals surface area contributed by atoms with Crippen LogP contribution in [0.3, 0.4) is 0 Å². The first-order chi connectivity index (χ1) is 19.3. The van der Waals surface area contributed by atoms with E-state index in [4.69, 9.17) is 4.74 Å². The predicted octanol–water partition coefficient (Wildman–Crippen LogP) is 4.49. The Morgan fingerprint density at radius 1 is 1.00 bits per heavy atom. The van der Waals surface area contributed by atoms with E-state index in [9.17, 15) is 14.4 Å². The summed E-state index contributed by atoms with van der Waals surface area (Å²) in [4.78, 5) is 49.7. The van der Waals surface area contributed by atoms with Crippen LogP contribution in [0.2, 0.25) is 0 Å². The fraction of sp³-hybridized carbons (Fsp3) is 0.300. The van der Waals surface area contributed by atoms with Crippen LogP contribution < -0.4 is 10.6 Å². The van der Waals surface area contributed by atoms with Gasteiger partial charge in [-0.05, 0) is 56.2 Å². The van der Waals surface area contributed by atoms with Crippen molar-refractivity contribution in [2.45, 2.75) is 50.8 Å². The summed E-state index contributed by atoms with van der Waals surface area (Å²) in [5.74, 6) is -0.838. The Hall–Kier alpha value is -4.02. The normalized spacial score (nSPS) is 17.6. The average molecular weight is 560 g/mol. The molecule has 9 nitrogen and oxygen atoms in total. The molecule has 3 atom stereocenters. The van der Waals surface area contributed by atoms with Crippen molar-refractivity contribution in [3.8, 4) is 0 Å². The molecule has 2 N–H and O–H groups in total. The number of aromatic nitrogens is 1. The molecule has 2 heterocycles. The predicted molar refractivity (Wildman–Crippen MR) is 157 cm³/mol. The van der Waals surface area contributed by atoms with E-state index in [1.165, 1.54) is 18.9 Å². The number of methoxy groups -OCH3 is 1. The van der Waals surface area contributed by atoms with Crippen molar-refractivity contribution in [3.63, 3.8) is 0 Å². The molecule has 1 aliphatic rings. The molecule has 0 radical (unpaired) electrons. The second-order valence-electron chi connectivity index (χ2n) is 9.62.